The molecule has 0 aliphatic rings. The Kier molecular flexibility index (Phi) is 6.09. The molecule has 1 aromatic heterocycles. The number of anilines is 1. The predicted molar refractivity (Wildman–Crippen MR) is 94.7 cm³/mol. The Morgan fingerprint density at radius 1 is 1.33 bits per heavy atom. The Hall–Kier alpha value is -1.03. The normalized spacial score (nSPS) is 12.4. The summed E-state index contributed by atoms with van der Waals surface area (Å²) in [6, 6.07) is 10.9. The summed E-state index contributed by atoms with van der Waals surface area (Å²) >= 11 is 8.02. The smallest absolute Gasteiger partial charge is 0.0426 e. The van der Waals surface area contributed by atoms with Gasteiger partial charge in [0.1, 0.15) is 0 Å². The molecule has 0 aliphatic heterocycles. The van der Waals surface area contributed by atoms with Crippen molar-refractivity contribution in [1.82, 2.24) is 5.32 Å². The molecule has 1 heterocycles. The minimum atomic E-state index is 0.433. The van der Waals surface area contributed by atoms with Gasteiger partial charge in [-0.15, -0.1) is 11.3 Å². The number of nitrogens with one attached hydrogen (secondary N) is 1. The van der Waals surface area contributed by atoms with Gasteiger partial charge in [0.25, 0.3) is 0 Å². The van der Waals surface area contributed by atoms with E-state index < -0.39 is 0 Å². The van der Waals surface area contributed by atoms with Crippen LogP contribution in [0.15, 0.2) is 35.7 Å². The molecule has 0 radical (unpaired) electrons. The minimum Gasteiger partial charge on any atom is -0.371 e. The quantitative estimate of drug-likeness (QED) is 0.802. The van der Waals surface area contributed by atoms with Gasteiger partial charge in [-0.3, -0.25) is 0 Å². The number of rotatable bonds is 7. The maximum Gasteiger partial charge on any atom is 0.0426 e. The highest BCUT2D eigenvalue weighted by Gasteiger charge is 2.15. The lowest BCUT2D eigenvalue weighted by Gasteiger charge is -2.29. The van der Waals surface area contributed by atoms with Gasteiger partial charge in [0.05, 0.1) is 0 Å². The van der Waals surface area contributed by atoms with Crippen LogP contribution in [0.2, 0.25) is 5.02 Å². The van der Waals surface area contributed by atoms with Gasteiger partial charge in [-0.05, 0) is 42.6 Å². The number of hydrogen-bond donors (Lipinski definition) is 1. The van der Waals surface area contributed by atoms with Crippen LogP contribution >= 0.6 is 22.9 Å². The molecule has 2 rings (SSSR count). The molecular weight excluding hydrogens is 300 g/mol. The molecule has 4 heteroatoms. The van der Waals surface area contributed by atoms with E-state index in [1.165, 1.54) is 16.1 Å². The van der Waals surface area contributed by atoms with Crippen molar-refractivity contribution in [2.75, 3.05) is 18.5 Å². The van der Waals surface area contributed by atoms with Crippen LogP contribution in [0, 0.1) is 0 Å². The van der Waals surface area contributed by atoms with E-state index in [0.717, 1.165) is 24.5 Å². The molecular formula is C17H23ClN2S. The Bertz CT molecular complexity index is 554. The van der Waals surface area contributed by atoms with Gasteiger partial charge >= 0.3 is 0 Å². The van der Waals surface area contributed by atoms with Gasteiger partial charge < -0.3 is 10.2 Å². The topological polar surface area (TPSA) is 15.3 Å². The third kappa shape index (κ3) is 4.47. The molecule has 21 heavy (non-hydrogen) atoms. The van der Waals surface area contributed by atoms with Crippen LogP contribution < -0.4 is 10.2 Å². The van der Waals surface area contributed by atoms with E-state index in [1.807, 2.05) is 17.4 Å². The SMILES string of the molecule is CCNCc1ccc(Cl)cc1N(C)C(C)Cc1cccs1. The van der Waals surface area contributed by atoms with Crippen LogP contribution in [0.3, 0.4) is 0 Å². The standard InChI is InChI=1S/C17H23ClN2S/c1-4-19-12-14-7-8-15(18)11-17(14)20(3)13(2)10-16-6-5-9-21-16/h5-9,11,13,19H,4,10,12H2,1-3H3. The molecule has 0 bridgehead atoms. The molecule has 0 aliphatic carbocycles. The van der Waals surface area contributed by atoms with Gasteiger partial charge in [-0.1, -0.05) is 30.7 Å². The molecule has 2 nitrogen and oxygen atoms in total. The lowest BCUT2D eigenvalue weighted by Crippen LogP contribution is -2.31. The van der Waals surface area contributed by atoms with Crippen LogP contribution in [0.4, 0.5) is 5.69 Å². The molecule has 2 aromatic rings. The number of nitrogens with zero attached hydrogens (tertiary/aromatic N) is 1. The molecule has 0 spiro atoms. The zero-order chi connectivity index (χ0) is 15.2. The lowest BCUT2D eigenvalue weighted by molar-refractivity contribution is 0.675. The van der Waals surface area contributed by atoms with Crippen LogP contribution in [-0.4, -0.2) is 19.6 Å². The van der Waals surface area contributed by atoms with Crippen molar-refractivity contribution in [3.63, 3.8) is 0 Å². The third-order valence-electron chi connectivity index (χ3n) is 3.73. The zero-order valence-electron chi connectivity index (χ0n) is 12.9. The fourth-order valence-corrected chi connectivity index (χ4v) is 3.36. The van der Waals surface area contributed by atoms with Crippen molar-refractivity contribution < 1.29 is 0 Å². The number of halogens is 1. The van der Waals surface area contributed by atoms with Crippen molar-refractivity contribution in [2.45, 2.75) is 32.9 Å². The third-order valence-corrected chi connectivity index (χ3v) is 4.86. The Labute approximate surface area is 136 Å². The monoisotopic (exact) mass is 322 g/mol. The van der Waals surface area contributed by atoms with E-state index >= 15 is 0 Å². The van der Waals surface area contributed by atoms with E-state index in [1.54, 1.807) is 0 Å². The zero-order valence-corrected chi connectivity index (χ0v) is 14.5. The first-order valence-electron chi connectivity index (χ1n) is 7.36. The molecule has 0 saturated heterocycles. The van der Waals surface area contributed by atoms with Gasteiger partial charge in [0, 0.05) is 41.6 Å². The van der Waals surface area contributed by atoms with Gasteiger partial charge in [0.15, 0.2) is 0 Å². The van der Waals surface area contributed by atoms with E-state index in [0.29, 0.717) is 6.04 Å². The van der Waals surface area contributed by atoms with Gasteiger partial charge in [-0.2, -0.15) is 0 Å². The van der Waals surface area contributed by atoms with Crippen molar-refractivity contribution >= 4 is 28.6 Å². The van der Waals surface area contributed by atoms with Crippen molar-refractivity contribution in [3.05, 3.63) is 51.2 Å². The summed E-state index contributed by atoms with van der Waals surface area (Å²) in [6.45, 7) is 6.23. The molecule has 1 N–H and O–H groups in total. The fraction of sp³-hybridized carbons (Fsp3) is 0.412. The molecule has 1 unspecified atom stereocenters. The van der Waals surface area contributed by atoms with E-state index in [-0.39, 0.29) is 0 Å². The van der Waals surface area contributed by atoms with Crippen molar-refractivity contribution in [1.29, 1.82) is 0 Å². The average molecular weight is 323 g/mol. The van der Waals surface area contributed by atoms with Crippen LogP contribution in [0.25, 0.3) is 0 Å². The maximum atomic E-state index is 6.20. The number of hydrogen-bond acceptors (Lipinski definition) is 3. The minimum absolute atomic E-state index is 0.433. The van der Waals surface area contributed by atoms with Crippen LogP contribution in [0.5, 0.6) is 0 Å². The van der Waals surface area contributed by atoms with Crippen LogP contribution in [0.1, 0.15) is 24.3 Å². The van der Waals surface area contributed by atoms with E-state index in [9.17, 15) is 0 Å². The second kappa shape index (κ2) is 7.83. The molecule has 1 aromatic carbocycles. The molecule has 0 saturated carbocycles. The number of thiophene rings is 1. The van der Waals surface area contributed by atoms with Crippen molar-refractivity contribution in [3.8, 4) is 0 Å². The summed E-state index contributed by atoms with van der Waals surface area (Å²) in [6.07, 6.45) is 1.06. The first-order chi connectivity index (χ1) is 10.1. The summed E-state index contributed by atoms with van der Waals surface area (Å²) in [4.78, 5) is 3.75. The summed E-state index contributed by atoms with van der Waals surface area (Å²) in [5, 5.41) is 6.33. The first-order valence-corrected chi connectivity index (χ1v) is 8.62. The van der Waals surface area contributed by atoms with E-state index in [2.05, 4.69) is 60.8 Å². The van der Waals surface area contributed by atoms with Crippen molar-refractivity contribution in [2.24, 2.45) is 0 Å². The second-order valence-electron chi connectivity index (χ2n) is 5.30. The number of likely N-dealkylation sites (N-methyl/N-ethyl adjacent to an activating group) is 1. The fourth-order valence-electron chi connectivity index (χ4n) is 2.37. The molecule has 1 atom stereocenters. The molecule has 0 amide bonds. The summed E-state index contributed by atoms with van der Waals surface area (Å²) in [7, 11) is 2.15. The highest BCUT2D eigenvalue weighted by Crippen LogP contribution is 2.27. The molecule has 0 fully saturated rings. The van der Waals surface area contributed by atoms with E-state index in [4.69, 9.17) is 11.6 Å². The summed E-state index contributed by atoms with van der Waals surface area (Å²) in [5.41, 5.74) is 2.51. The Morgan fingerprint density at radius 2 is 2.14 bits per heavy atom. The largest absolute Gasteiger partial charge is 0.371 e. The summed E-state index contributed by atoms with van der Waals surface area (Å²) in [5.74, 6) is 0. The molecule has 114 valence electrons. The highest BCUT2D eigenvalue weighted by molar-refractivity contribution is 7.09. The average Bonchev–Trinajstić information content (AvgIpc) is 2.98. The summed E-state index contributed by atoms with van der Waals surface area (Å²) < 4.78 is 0. The predicted octanol–water partition coefficient (Wildman–Crippen LogP) is 4.58. The second-order valence-corrected chi connectivity index (χ2v) is 6.77. The van der Waals surface area contributed by atoms with Crippen LogP contribution in [-0.2, 0) is 13.0 Å². The van der Waals surface area contributed by atoms with Gasteiger partial charge in [0.2, 0.25) is 0 Å². The maximum absolute atomic E-state index is 6.20. The highest BCUT2D eigenvalue weighted by atomic mass is 35.5. The Morgan fingerprint density at radius 3 is 2.81 bits per heavy atom. The number of benzene rings is 1. The first kappa shape index (κ1) is 16.3. The Balaban J connectivity index is 2.16. The lowest BCUT2D eigenvalue weighted by atomic mass is 10.1. The van der Waals surface area contributed by atoms with Gasteiger partial charge in [-0.25, -0.2) is 0 Å².